The van der Waals surface area contributed by atoms with Crippen molar-refractivity contribution in [3.63, 3.8) is 0 Å². The fourth-order valence-corrected chi connectivity index (χ4v) is 4.27. The first-order chi connectivity index (χ1) is 18.0. The molecule has 0 aromatic carbocycles. The minimum Gasteiger partial charge on any atom is -0.475 e. The molecule has 0 radical (unpaired) electrons. The van der Waals surface area contributed by atoms with Gasteiger partial charge in [-0.05, 0) is 51.0 Å². The Labute approximate surface area is 219 Å². The van der Waals surface area contributed by atoms with Gasteiger partial charge in [-0.2, -0.15) is 26.3 Å². The molecule has 0 bridgehead atoms. The van der Waals surface area contributed by atoms with Crippen molar-refractivity contribution in [2.24, 2.45) is 0 Å². The van der Waals surface area contributed by atoms with Crippen LogP contribution in [0.3, 0.4) is 0 Å². The molecule has 2 aliphatic heterocycles. The van der Waals surface area contributed by atoms with Gasteiger partial charge in [0.15, 0.2) is 0 Å². The molecule has 2 fully saturated rings. The van der Waals surface area contributed by atoms with Gasteiger partial charge in [-0.1, -0.05) is 6.07 Å². The van der Waals surface area contributed by atoms with Crippen molar-refractivity contribution in [1.29, 1.82) is 0 Å². The number of nitrogens with zero attached hydrogens (tertiary/aromatic N) is 3. The number of carbonyl (C=O) groups excluding carboxylic acids is 1. The Kier molecular flexibility index (Phi) is 10.5. The molecule has 0 unspecified atom stereocenters. The lowest BCUT2D eigenvalue weighted by Crippen LogP contribution is -2.51. The van der Waals surface area contributed by atoms with E-state index < -0.39 is 24.3 Å². The van der Waals surface area contributed by atoms with Crippen LogP contribution in [0.25, 0.3) is 0 Å². The Morgan fingerprint density at radius 3 is 2.03 bits per heavy atom. The average Bonchev–Trinajstić information content (AvgIpc) is 3.41. The molecule has 0 aliphatic carbocycles. The third-order valence-corrected chi connectivity index (χ3v) is 5.92. The first-order valence-corrected chi connectivity index (χ1v) is 11.6. The molecule has 39 heavy (non-hydrogen) atoms. The number of furan rings is 1. The molecule has 2 aromatic rings. The lowest BCUT2D eigenvalue weighted by molar-refractivity contribution is -0.193. The maximum Gasteiger partial charge on any atom is 0.490 e. The normalized spacial score (nSPS) is 19.4. The molecule has 1 amide bonds. The van der Waals surface area contributed by atoms with Crippen LogP contribution in [-0.2, 0) is 27.5 Å². The number of fused-ring (bicyclic) bond motifs is 1. The highest BCUT2D eigenvalue weighted by molar-refractivity contribution is 5.77. The van der Waals surface area contributed by atoms with Crippen molar-refractivity contribution in [2.45, 2.75) is 70.6 Å². The highest BCUT2D eigenvalue weighted by Gasteiger charge is 2.43. The van der Waals surface area contributed by atoms with Gasteiger partial charge in [-0.3, -0.25) is 14.7 Å². The number of carbonyl (C=O) groups is 3. The zero-order valence-electron chi connectivity index (χ0n) is 20.9. The highest BCUT2D eigenvalue weighted by Crippen LogP contribution is 2.33. The van der Waals surface area contributed by atoms with Crippen molar-refractivity contribution in [3.8, 4) is 0 Å². The average molecular weight is 567 g/mol. The number of carboxylic acids is 2. The molecule has 4 rings (SSSR count). The molecule has 4 heterocycles. The standard InChI is InChI=1S/C20H25N3O2.2C2HF3O2/c1-14-4-3-5-16(21-14)12-23-19-10-11-22(18(19)8-9-20(23)24)13-17-7-6-15(2)25-17;2*3-2(4,5)1(6)7/h3-7,18-19H,8-13H2,1-2H3;2*(H,6,7)/t18-,19-;;/m0../s1. The van der Waals surface area contributed by atoms with Crippen LogP contribution in [0, 0.1) is 13.8 Å². The van der Waals surface area contributed by atoms with Crippen LogP contribution < -0.4 is 0 Å². The Balaban J connectivity index is 0.000000317. The number of alkyl halides is 6. The van der Waals surface area contributed by atoms with Crippen LogP contribution in [0.1, 0.15) is 42.2 Å². The minimum atomic E-state index is -5.08. The number of halogens is 6. The summed E-state index contributed by atoms with van der Waals surface area (Å²) in [5.74, 6) is -3.28. The maximum absolute atomic E-state index is 12.6. The van der Waals surface area contributed by atoms with Crippen LogP contribution >= 0.6 is 0 Å². The van der Waals surface area contributed by atoms with Crippen LogP contribution in [0.4, 0.5) is 26.3 Å². The van der Waals surface area contributed by atoms with E-state index in [1.807, 2.05) is 38.1 Å². The van der Waals surface area contributed by atoms with Gasteiger partial charge < -0.3 is 19.5 Å². The highest BCUT2D eigenvalue weighted by atomic mass is 19.4. The van der Waals surface area contributed by atoms with Gasteiger partial charge in [0.05, 0.1) is 18.8 Å². The number of piperidine rings is 1. The number of aromatic nitrogens is 1. The zero-order valence-corrected chi connectivity index (χ0v) is 20.9. The first kappa shape index (κ1) is 31.6. The quantitative estimate of drug-likeness (QED) is 0.524. The molecule has 2 saturated heterocycles. The van der Waals surface area contributed by atoms with E-state index in [-0.39, 0.29) is 5.91 Å². The number of hydrogen-bond acceptors (Lipinski definition) is 6. The molecular formula is C24H27F6N3O6. The Hall–Kier alpha value is -3.62. The maximum atomic E-state index is 12.6. The van der Waals surface area contributed by atoms with Gasteiger partial charge >= 0.3 is 24.3 Å². The summed E-state index contributed by atoms with van der Waals surface area (Å²) in [5.41, 5.74) is 1.98. The van der Waals surface area contributed by atoms with Crippen molar-refractivity contribution in [1.82, 2.24) is 14.8 Å². The van der Waals surface area contributed by atoms with E-state index in [2.05, 4.69) is 20.9 Å². The number of pyridine rings is 1. The van der Waals surface area contributed by atoms with Gasteiger partial charge in [-0.25, -0.2) is 9.59 Å². The molecule has 2 atom stereocenters. The summed E-state index contributed by atoms with van der Waals surface area (Å²) in [6, 6.07) is 10.8. The summed E-state index contributed by atoms with van der Waals surface area (Å²) in [6.07, 6.45) is -7.57. The number of aliphatic carboxylic acids is 2. The number of hydrogen-bond donors (Lipinski definition) is 2. The van der Waals surface area contributed by atoms with Crippen molar-refractivity contribution in [3.05, 3.63) is 53.2 Å². The number of rotatable bonds is 4. The minimum absolute atomic E-state index is 0.264. The fourth-order valence-electron chi connectivity index (χ4n) is 4.27. The van der Waals surface area contributed by atoms with Gasteiger partial charge in [-0.15, -0.1) is 0 Å². The number of carboxylic acid groups (broad SMARTS) is 2. The summed E-state index contributed by atoms with van der Waals surface area (Å²) in [7, 11) is 0. The monoisotopic (exact) mass is 567 g/mol. The molecule has 2 aromatic heterocycles. The summed E-state index contributed by atoms with van der Waals surface area (Å²) in [4.78, 5) is 39.5. The Morgan fingerprint density at radius 1 is 0.949 bits per heavy atom. The summed E-state index contributed by atoms with van der Waals surface area (Å²) < 4.78 is 69.2. The van der Waals surface area contributed by atoms with E-state index in [9.17, 15) is 31.1 Å². The Bertz CT molecular complexity index is 1130. The van der Waals surface area contributed by atoms with Crippen molar-refractivity contribution in [2.75, 3.05) is 6.54 Å². The molecule has 216 valence electrons. The van der Waals surface area contributed by atoms with E-state index in [0.717, 1.165) is 48.8 Å². The van der Waals surface area contributed by atoms with E-state index >= 15 is 0 Å². The number of aryl methyl sites for hydroxylation is 2. The molecule has 0 saturated carbocycles. The van der Waals surface area contributed by atoms with Crippen LogP contribution in [0.5, 0.6) is 0 Å². The number of likely N-dealkylation sites (tertiary alicyclic amines) is 2. The van der Waals surface area contributed by atoms with Crippen molar-refractivity contribution >= 4 is 17.8 Å². The van der Waals surface area contributed by atoms with E-state index in [1.165, 1.54) is 0 Å². The van der Waals surface area contributed by atoms with E-state index in [0.29, 0.717) is 25.0 Å². The van der Waals surface area contributed by atoms with Gasteiger partial charge in [0, 0.05) is 30.7 Å². The predicted octanol–water partition coefficient (Wildman–Crippen LogP) is 4.32. The predicted molar refractivity (Wildman–Crippen MR) is 122 cm³/mol. The second kappa shape index (κ2) is 13.0. The van der Waals surface area contributed by atoms with Crippen molar-refractivity contribution < 1.29 is 55.4 Å². The largest absolute Gasteiger partial charge is 0.490 e. The summed E-state index contributed by atoms with van der Waals surface area (Å²) in [5, 5.41) is 14.2. The molecule has 15 heteroatoms. The second-order valence-corrected chi connectivity index (χ2v) is 8.84. The molecule has 0 spiro atoms. The third kappa shape index (κ3) is 9.57. The summed E-state index contributed by atoms with van der Waals surface area (Å²) >= 11 is 0. The molecule has 2 N–H and O–H groups in total. The SMILES string of the molecule is Cc1cccc(CN2C(=O)CC[C@H]3[C@@H]2CCN3Cc2ccc(C)o2)n1.O=C(O)C(F)(F)F.O=C(O)C(F)(F)F. The van der Waals surface area contributed by atoms with Crippen LogP contribution in [0.2, 0.25) is 0 Å². The zero-order chi connectivity index (χ0) is 29.5. The van der Waals surface area contributed by atoms with Crippen LogP contribution in [0.15, 0.2) is 34.7 Å². The lowest BCUT2D eigenvalue weighted by atomic mass is 9.96. The first-order valence-electron chi connectivity index (χ1n) is 11.6. The summed E-state index contributed by atoms with van der Waals surface area (Å²) in [6.45, 7) is 6.44. The van der Waals surface area contributed by atoms with Gasteiger partial charge in [0.1, 0.15) is 11.5 Å². The number of amides is 1. The smallest absolute Gasteiger partial charge is 0.475 e. The topological polar surface area (TPSA) is 124 Å². The molecular weight excluding hydrogens is 540 g/mol. The third-order valence-electron chi connectivity index (χ3n) is 5.92. The molecule has 2 aliphatic rings. The second-order valence-electron chi connectivity index (χ2n) is 8.84. The van der Waals surface area contributed by atoms with Crippen LogP contribution in [-0.4, -0.2) is 73.8 Å². The molecule has 9 nitrogen and oxygen atoms in total. The van der Waals surface area contributed by atoms with Gasteiger partial charge in [0.25, 0.3) is 0 Å². The van der Waals surface area contributed by atoms with E-state index in [1.54, 1.807) is 0 Å². The lowest BCUT2D eigenvalue weighted by Gasteiger charge is -2.39. The van der Waals surface area contributed by atoms with Gasteiger partial charge in [0.2, 0.25) is 5.91 Å². The van der Waals surface area contributed by atoms with E-state index in [4.69, 9.17) is 24.2 Å². The fraction of sp³-hybridized carbons (Fsp3) is 0.500. The Morgan fingerprint density at radius 2 is 1.54 bits per heavy atom.